The lowest BCUT2D eigenvalue weighted by atomic mass is 10.0. The fourth-order valence-corrected chi connectivity index (χ4v) is 2.76. The first-order valence-electron chi connectivity index (χ1n) is 6.44. The Bertz CT molecular complexity index is 670. The van der Waals surface area contributed by atoms with E-state index < -0.39 is 0 Å². The summed E-state index contributed by atoms with van der Waals surface area (Å²) in [5.41, 5.74) is 8.10. The van der Waals surface area contributed by atoms with Gasteiger partial charge in [-0.1, -0.05) is 19.0 Å². The van der Waals surface area contributed by atoms with Crippen molar-refractivity contribution < 1.29 is 9.62 Å². The van der Waals surface area contributed by atoms with E-state index in [4.69, 9.17) is 15.4 Å². The number of aromatic nitrogens is 4. The summed E-state index contributed by atoms with van der Waals surface area (Å²) in [6, 6.07) is 0. The highest BCUT2D eigenvalue weighted by Crippen LogP contribution is 2.30. The van der Waals surface area contributed by atoms with Crippen LogP contribution in [0.2, 0.25) is 0 Å². The van der Waals surface area contributed by atoms with Gasteiger partial charge in [-0.2, -0.15) is 5.10 Å². The summed E-state index contributed by atoms with van der Waals surface area (Å²) in [5.74, 6) is 0.451. The molecule has 2 heterocycles. The van der Waals surface area contributed by atoms with E-state index in [2.05, 4.69) is 25.6 Å². The highest BCUT2D eigenvalue weighted by Gasteiger charge is 2.20. The monoisotopic (exact) mass is 308 g/mol. The van der Waals surface area contributed by atoms with Crippen molar-refractivity contribution in [1.29, 1.82) is 0 Å². The zero-order valence-electron chi connectivity index (χ0n) is 12.0. The Hall–Kier alpha value is -2.16. The predicted molar refractivity (Wildman–Crippen MR) is 76.5 cm³/mol. The molecule has 0 radical (unpaired) electrons. The van der Waals surface area contributed by atoms with Crippen LogP contribution < -0.4 is 5.73 Å². The van der Waals surface area contributed by atoms with E-state index in [1.807, 2.05) is 13.8 Å². The number of nitrogens with zero attached hydrogens (tertiary/aromatic N) is 5. The molecule has 0 aliphatic carbocycles. The Labute approximate surface area is 125 Å². The van der Waals surface area contributed by atoms with Crippen LogP contribution in [0.4, 0.5) is 0 Å². The summed E-state index contributed by atoms with van der Waals surface area (Å²) in [6.45, 7) is 5.66. The molecule has 21 heavy (non-hydrogen) atoms. The maximum Gasteiger partial charge on any atom is 0.283 e. The minimum Gasteiger partial charge on any atom is -0.416 e. The van der Waals surface area contributed by atoms with Gasteiger partial charge in [-0.15, -0.1) is 15.3 Å². The molecule has 0 amide bonds. The zero-order chi connectivity index (χ0) is 15.4. The lowest BCUT2D eigenvalue weighted by Gasteiger charge is -2.12. The van der Waals surface area contributed by atoms with Crippen molar-refractivity contribution in [3.63, 3.8) is 0 Å². The summed E-state index contributed by atoms with van der Waals surface area (Å²) < 4.78 is 5.32. The molecule has 0 atom stereocenters. The number of hydrogen-bond acceptors (Lipinski definition) is 8. The molecule has 0 aliphatic rings. The molecule has 112 valence electrons. The van der Waals surface area contributed by atoms with Crippen LogP contribution in [0.15, 0.2) is 19.8 Å². The minimum atomic E-state index is -0.00446. The van der Waals surface area contributed by atoms with Crippen LogP contribution in [-0.2, 0) is 12.8 Å². The van der Waals surface area contributed by atoms with Crippen molar-refractivity contribution in [3.8, 4) is 0 Å². The summed E-state index contributed by atoms with van der Waals surface area (Å²) in [6.07, 6.45) is 1.41. The molecular weight excluding hydrogens is 292 g/mol. The summed E-state index contributed by atoms with van der Waals surface area (Å²) >= 11 is 1.14. The van der Waals surface area contributed by atoms with Crippen LogP contribution in [-0.4, -0.2) is 31.4 Å². The third kappa shape index (κ3) is 3.13. The van der Waals surface area contributed by atoms with Crippen molar-refractivity contribution in [2.75, 3.05) is 0 Å². The Morgan fingerprint density at radius 1 is 1.24 bits per heavy atom. The van der Waals surface area contributed by atoms with Crippen molar-refractivity contribution >= 4 is 17.6 Å². The van der Waals surface area contributed by atoms with Gasteiger partial charge in [0, 0.05) is 6.92 Å². The third-order valence-electron chi connectivity index (χ3n) is 2.87. The van der Waals surface area contributed by atoms with Crippen molar-refractivity contribution in [3.05, 3.63) is 22.7 Å². The number of nitrogens with two attached hydrogens (primary N) is 1. The maximum atomic E-state index is 9.02. The van der Waals surface area contributed by atoms with Crippen molar-refractivity contribution in [2.45, 2.75) is 43.9 Å². The summed E-state index contributed by atoms with van der Waals surface area (Å²) in [4.78, 5) is 0. The molecular formula is C12H16N6O2S. The molecule has 0 aromatic carbocycles. The SMILES string of the molecule is CCc1nnc(Sc2nnc(C)o2)c(C(N)=NO)c1CC. The largest absolute Gasteiger partial charge is 0.416 e. The molecule has 8 nitrogen and oxygen atoms in total. The second-order valence-electron chi connectivity index (χ2n) is 4.19. The highest BCUT2D eigenvalue weighted by atomic mass is 32.2. The summed E-state index contributed by atoms with van der Waals surface area (Å²) in [7, 11) is 0. The van der Waals surface area contributed by atoms with Gasteiger partial charge < -0.3 is 15.4 Å². The quantitative estimate of drug-likeness (QED) is 0.369. The maximum absolute atomic E-state index is 9.02. The first kappa shape index (κ1) is 15.2. The predicted octanol–water partition coefficient (Wildman–Crippen LogP) is 1.54. The van der Waals surface area contributed by atoms with Crippen LogP contribution >= 0.6 is 11.8 Å². The fourth-order valence-electron chi connectivity index (χ4n) is 1.94. The molecule has 2 aromatic rings. The average Bonchev–Trinajstić information content (AvgIpc) is 2.90. The van der Waals surface area contributed by atoms with Crippen molar-refractivity contribution in [1.82, 2.24) is 20.4 Å². The lowest BCUT2D eigenvalue weighted by Crippen LogP contribution is -2.20. The van der Waals surface area contributed by atoms with Gasteiger partial charge in [0.25, 0.3) is 5.22 Å². The first-order chi connectivity index (χ1) is 10.1. The average molecular weight is 308 g/mol. The van der Waals surface area contributed by atoms with Gasteiger partial charge in [0.05, 0.1) is 11.3 Å². The summed E-state index contributed by atoms with van der Waals surface area (Å²) in [5, 5.41) is 28.9. The number of rotatable bonds is 5. The van der Waals surface area contributed by atoms with Gasteiger partial charge >= 0.3 is 0 Å². The number of aryl methyl sites for hydroxylation is 2. The van der Waals surface area contributed by atoms with Gasteiger partial charge in [0.2, 0.25) is 5.89 Å². The van der Waals surface area contributed by atoms with Gasteiger partial charge in [-0.05, 0) is 30.2 Å². The molecule has 9 heteroatoms. The smallest absolute Gasteiger partial charge is 0.283 e. The van der Waals surface area contributed by atoms with Crippen LogP contribution in [0.25, 0.3) is 0 Å². The van der Waals surface area contributed by atoms with E-state index in [0.29, 0.717) is 34.5 Å². The Morgan fingerprint density at radius 3 is 2.52 bits per heavy atom. The Kier molecular flexibility index (Phi) is 4.73. The van der Waals surface area contributed by atoms with Crippen molar-refractivity contribution in [2.24, 2.45) is 10.9 Å². The molecule has 2 aromatic heterocycles. The zero-order valence-corrected chi connectivity index (χ0v) is 12.8. The molecule has 0 bridgehead atoms. The van der Waals surface area contributed by atoms with Gasteiger partial charge in [0.15, 0.2) is 5.84 Å². The normalized spacial score (nSPS) is 11.9. The minimum absolute atomic E-state index is 0.00446. The third-order valence-corrected chi connectivity index (χ3v) is 3.69. The van der Waals surface area contributed by atoms with Gasteiger partial charge in [-0.3, -0.25) is 0 Å². The highest BCUT2D eigenvalue weighted by molar-refractivity contribution is 7.99. The molecule has 3 N–H and O–H groups in total. The topological polar surface area (TPSA) is 123 Å². The second kappa shape index (κ2) is 6.53. The van der Waals surface area contributed by atoms with Crippen LogP contribution in [0, 0.1) is 6.92 Å². The van der Waals surface area contributed by atoms with E-state index in [9.17, 15) is 0 Å². The van der Waals surface area contributed by atoms with E-state index in [1.165, 1.54) is 0 Å². The van der Waals surface area contributed by atoms with E-state index in [1.54, 1.807) is 6.92 Å². The molecule has 0 aliphatic heterocycles. The molecule has 0 saturated carbocycles. The number of oxime groups is 1. The first-order valence-corrected chi connectivity index (χ1v) is 7.26. The van der Waals surface area contributed by atoms with Gasteiger partial charge in [-0.25, -0.2) is 0 Å². The van der Waals surface area contributed by atoms with Gasteiger partial charge in [0.1, 0.15) is 5.03 Å². The second-order valence-corrected chi connectivity index (χ2v) is 5.13. The Morgan fingerprint density at radius 2 is 2.00 bits per heavy atom. The standard InChI is InChI=1S/C12H16N6O2S/c1-4-7-8(5-2)15-16-11(9(7)10(13)18-19)21-12-17-14-6(3)20-12/h19H,4-5H2,1-3H3,(H2,13,18). The van der Waals surface area contributed by atoms with E-state index >= 15 is 0 Å². The van der Waals surface area contributed by atoms with E-state index in [-0.39, 0.29) is 5.84 Å². The van der Waals surface area contributed by atoms with E-state index in [0.717, 1.165) is 23.0 Å². The number of hydrogen-bond donors (Lipinski definition) is 2. The molecule has 0 unspecified atom stereocenters. The Balaban J connectivity index is 2.54. The number of amidine groups is 1. The van der Waals surface area contributed by atoms with Crippen LogP contribution in [0.5, 0.6) is 0 Å². The molecule has 0 spiro atoms. The molecule has 0 fully saturated rings. The van der Waals surface area contributed by atoms with Crippen LogP contribution in [0.3, 0.4) is 0 Å². The molecule has 2 rings (SSSR count). The lowest BCUT2D eigenvalue weighted by molar-refractivity contribution is 0.318. The fraction of sp³-hybridized carbons (Fsp3) is 0.417. The van der Waals surface area contributed by atoms with Crippen LogP contribution in [0.1, 0.15) is 36.6 Å². The molecule has 0 saturated heterocycles.